The number of rotatable bonds is 7. The Hall–Kier alpha value is -3.18. The summed E-state index contributed by atoms with van der Waals surface area (Å²) in [5.41, 5.74) is 14.5. The van der Waals surface area contributed by atoms with E-state index in [1.165, 1.54) is 0 Å². The molecule has 0 saturated carbocycles. The fourth-order valence-corrected chi connectivity index (χ4v) is 2.87. The van der Waals surface area contributed by atoms with Crippen molar-refractivity contribution in [3.63, 3.8) is 0 Å². The van der Waals surface area contributed by atoms with Crippen LogP contribution in [0.1, 0.15) is 22.3 Å². The van der Waals surface area contributed by atoms with Crippen molar-refractivity contribution in [2.75, 3.05) is 23.7 Å². The van der Waals surface area contributed by atoms with Crippen LogP contribution in [0, 0.1) is 0 Å². The van der Waals surface area contributed by atoms with E-state index >= 15 is 0 Å². The molecule has 0 unspecified atom stereocenters. The Labute approximate surface area is 153 Å². The predicted molar refractivity (Wildman–Crippen MR) is 106 cm³/mol. The van der Waals surface area contributed by atoms with Gasteiger partial charge in [-0.05, 0) is 37.2 Å². The standard InChI is InChI=1S/C21H22N4O/c22-13-7-15-25(21-18(23)11-6-14-24-21)19-12-5-4-10-17(19)20(26)16-8-2-1-3-9-16/h1-6,8-12,14H,7,13,15,22-23H2. The van der Waals surface area contributed by atoms with E-state index in [2.05, 4.69) is 4.98 Å². The molecule has 0 bridgehead atoms. The maximum atomic E-state index is 13.1. The third-order valence-corrected chi connectivity index (χ3v) is 4.13. The number of ketones is 1. The maximum absolute atomic E-state index is 13.1. The molecular weight excluding hydrogens is 324 g/mol. The first-order chi connectivity index (χ1) is 12.7. The van der Waals surface area contributed by atoms with Gasteiger partial charge in [-0.3, -0.25) is 4.79 Å². The van der Waals surface area contributed by atoms with Crippen LogP contribution in [0.5, 0.6) is 0 Å². The fourth-order valence-electron chi connectivity index (χ4n) is 2.87. The lowest BCUT2D eigenvalue weighted by Crippen LogP contribution is -2.25. The Morgan fingerprint density at radius 3 is 2.42 bits per heavy atom. The minimum absolute atomic E-state index is 0.0338. The van der Waals surface area contributed by atoms with E-state index in [1.807, 2.05) is 59.5 Å². The van der Waals surface area contributed by atoms with Crippen molar-refractivity contribution in [3.8, 4) is 0 Å². The average molecular weight is 346 g/mol. The fraction of sp³-hybridized carbons (Fsp3) is 0.143. The van der Waals surface area contributed by atoms with Gasteiger partial charge in [-0.25, -0.2) is 4.98 Å². The molecule has 132 valence electrons. The van der Waals surface area contributed by atoms with E-state index in [9.17, 15) is 4.79 Å². The molecule has 3 aromatic rings. The van der Waals surface area contributed by atoms with Crippen molar-refractivity contribution in [2.24, 2.45) is 5.73 Å². The molecule has 1 aromatic heterocycles. The number of nitrogen functional groups attached to an aromatic ring is 1. The van der Waals surface area contributed by atoms with Crippen LogP contribution in [-0.4, -0.2) is 23.9 Å². The van der Waals surface area contributed by atoms with E-state index in [1.54, 1.807) is 18.3 Å². The number of carbonyl (C=O) groups is 1. The SMILES string of the molecule is NCCCN(c1ccccc1C(=O)c1ccccc1)c1ncccc1N. The van der Waals surface area contributed by atoms with E-state index in [0.29, 0.717) is 35.7 Å². The Morgan fingerprint density at radius 1 is 0.962 bits per heavy atom. The molecule has 0 aliphatic heterocycles. The minimum Gasteiger partial charge on any atom is -0.396 e. The molecule has 0 fully saturated rings. The van der Waals surface area contributed by atoms with E-state index in [4.69, 9.17) is 11.5 Å². The lowest BCUT2D eigenvalue weighted by molar-refractivity contribution is 0.103. The zero-order valence-electron chi connectivity index (χ0n) is 14.5. The number of pyridine rings is 1. The molecule has 4 N–H and O–H groups in total. The lowest BCUT2D eigenvalue weighted by atomic mass is 10.0. The normalized spacial score (nSPS) is 10.5. The van der Waals surface area contributed by atoms with Crippen LogP contribution in [-0.2, 0) is 0 Å². The number of carbonyl (C=O) groups excluding carboxylic acids is 1. The van der Waals surface area contributed by atoms with Gasteiger partial charge in [0.05, 0.1) is 11.4 Å². The summed E-state index contributed by atoms with van der Waals surface area (Å²) in [5.74, 6) is 0.600. The number of hydrogen-bond donors (Lipinski definition) is 2. The first kappa shape index (κ1) is 17.6. The highest BCUT2D eigenvalue weighted by Crippen LogP contribution is 2.32. The van der Waals surface area contributed by atoms with Gasteiger partial charge in [0.15, 0.2) is 11.6 Å². The predicted octanol–water partition coefficient (Wildman–Crippen LogP) is 3.38. The summed E-state index contributed by atoms with van der Waals surface area (Å²) >= 11 is 0. The first-order valence-electron chi connectivity index (χ1n) is 8.59. The molecule has 0 aliphatic rings. The molecule has 5 heteroatoms. The van der Waals surface area contributed by atoms with Crippen LogP contribution in [0.2, 0.25) is 0 Å². The van der Waals surface area contributed by atoms with Crippen LogP contribution in [0.4, 0.5) is 17.2 Å². The molecule has 2 aromatic carbocycles. The first-order valence-corrected chi connectivity index (χ1v) is 8.59. The number of nitrogens with two attached hydrogens (primary N) is 2. The second kappa shape index (κ2) is 8.27. The summed E-state index contributed by atoms with van der Waals surface area (Å²) in [5, 5.41) is 0. The highest BCUT2D eigenvalue weighted by Gasteiger charge is 2.20. The zero-order chi connectivity index (χ0) is 18.4. The third-order valence-electron chi connectivity index (χ3n) is 4.13. The molecule has 5 nitrogen and oxygen atoms in total. The van der Waals surface area contributed by atoms with Gasteiger partial charge < -0.3 is 16.4 Å². The number of hydrogen-bond acceptors (Lipinski definition) is 5. The molecule has 3 rings (SSSR count). The van der Waals surface area contributed by atoms with Gasteiger partial charge >= 0.3 is 0 Å². The Balaban J connectivity index is 2.08. The summed E-state index contributed by atoms with van der Waals surface area (Å²) in [7, 11) is 0. The molecule has 0 atom stereocenters. The van der Waals surface area contributed by atoms with Crippen LogP contribution in [0.15, 0.2) is 72.9 Å². The van der Waals surface area contributed by atoms with Crippen LogP contribution in [0.25, 0.3) is 0 Å². The van der Waals surface area contributed by atoms with Crippen molar-refractivity contribution in [1.29, 1.82) is 0 Å². The summed E-state index contributed by atoms with van der Waals surface area (Å²) in [6.07, 6.45) is 2.45. The molecular formula is C21H22N4O. The van der Waals surface area contributed by atoms with Gasteiger partial charge in [-0.15, -0.1) is 0 Å². The summed E-state index contributed by atoms with van der Waals surface area (Å²) in [6.45, 7) is 1.16. The van der Waals surface area contributed by atoms with Crippen LogP contribution < -0.4 is 16.4 Å². The molecule has 0 saturated heterocycles. The van der Waals surface area contributed by atoms with E-state index in [0.717, 1.165) is 12.1 Å². The maximum Gasteiger partial charge on any atom is 0.195 e. The van der Waals surface area contributed by atoms with Gasteiger partial charge in [-0.2, -0.15) is 0 Å². The average Bonchev–Trinajstić information content (AvgIpc) is 2.70. The van der Waals surface area contributed by atoms with Gasteiger partial charge in [0.25, 0.3) is 0 Å². The quantitative estimate of drug-likeness (QED) is 0.641. The summed E-state index contributed by atoms with van der Waals surface area (Å²) < 4.78 is 0. The van der Waals surface area contributed by atoms with Gasteiger partial charge in [0.2, 0.25) is 0 Å². The highest BCUT2D eigenvalue weighted by atomic mass is 16.1. The summed E-state index contributed by atoms with van der Waals surface area (Å²) in [4.78, 5) is 19.5. The molecule has 26 heavy (non-hydrogen) atoms. The molecule has 0 radical (unpaired) electrons. The molecule has 1 heterocycles. The second-order valence-corrected chi connectivity index (χ2v) is 5.92. The molecule has 0 amide bonds. The van der Waals surface area contributed by atoms with Crippen LogP contribution in [0.3, 0.4) is 0 Å². The Kier molecular flexibility index (Phi) is 5.61. The third kappa shape index (κ3) is 3.73. The van der Waals surface area contributed by atoms with E-state index < -0.39 is 0 Å². The smallest absolute Gasteiger partial charge is 0.195 e. The van der Waals surface area contributed by atoms with Crippen molar-refractivity contribution in [2.45, 2.75) is 6.42 Å². The number of nitrogens with zero attached hydrogens (tertiary/aromatic N) is 2. The van der Waals surface area contributed by atoms with E-state index in [-0.39, 0.29) is 5.78 Å². The topological polar surface area (TPSA) is 85.2 Å². The monoisotopic (exact) mass is 346 g/mol. The van der Waals surface area contributed by atoms with Crippen molar-refractivity contribution < 1.29 is 4.79 Å². The number of aromatic nitrogens is 1. The number of anilines is 3. The molecule has 0 spiro atoms. The zero-order valence-corrected chi connectivity index (χ0v) is 14.5. The number of para-hydroxylation sites is 1. The van der Waals surface area contributed by atoms with Crippen molar-refractivity contribution >= 4 is 23.0 Å². The van der Waals surface area contributed by atoms with Crippen molar-refractivity contribution in [1.82, 2.24) is 4.98 Å². The Bertz CT molecular complexity index is 880. The molecule has 0 aliphatic carbocycles. The summed E-state index contributed by atoms with van der Waals surface area (Å²) in [6, 6.07) is 20.4. The largest absolute Gasteiger partial charge is 0.396 e. The second-order valence-electron chi connectivity index (χ2n) is 5.92. The highest BCUT2D eigenvalue weighted by molar-refractivity contribution is 6.12. The number of benzene rings is 2. The van der Waals surface area contributed by atoms with Crippen LogP contribution >= 0.6 is 0 Å². The van der Waals surface area contributed by atoms with Gasteiger partial charge in [0.1, 0.15) is 0 Å². The van der Waals surface area contributed by atoms with Gasteiger partial charge in [0, 0.05) is 23.9 Å². The van der Waals surface area contributed by atoms with Crippen molar-refractivity contribution in [3.05, 3.63) is 84.1 Å². The van der Waals surface area contributed by atoms with Gasteiger partial charge in [-0.1, -0.05) is 42.5 Å². The lowest BCUT2D eigenvalue weighted by Gasteiger charge is -2.26. The Morgan fingerprint density at radius 2 is 1.69 bits per heavy atom. The minimum atomic E-state index is -0.0338.